The zero-order valence-corrected chi connectivity index (χ0v) is 14.4. The molecule has 2 aromatic heterocycles. The lowest BCUT2D eigenvalue weighted by atomic mass is 10.2. The number of fused-ring (bicyclic) bond motifs is 1. The molecule has 2 heterocycles. The van der Waals surface area contributed by atoms with Gasteiger partial charge in [-0.1, -0.05) is 18.2 Å². The number of rotatable bonds is 4. The number of carbonyl (C=O) groups is 2. The minimum atomic E-state index is -0.543. The summed E-state index contributed by atoms with van der Waals surface area (Å²) in [5, 5.41) is 3.14. The second-order valence-electron chi connectivity index (χ2n) is 5.31. The van der Waals surface area contributed by atoms with Crippen LogP contribution in [-0.4, -0.2) is 28.5 Å². The lowest BCUT2D eigenvalue weighted by Gasteiger charge is -2.04. The fraction of sp³-hybridized carbons (Fsp3) is 0.176. The summed E-state index contributed by atoms with van der Waals surface area (Å²) in [5.41, 5.74) is 0.841. The Morgan fingerprint density at radius 1 is 1.28 bits per heavy atom. The first-order valence-corrected chi connectivity index (χ1v) is 8.24. The first-order valence-electron chi connectivity index (χ1n) is 7.43. The number of nitrogens with one attached hydrogen (secondary N) is 1. The van der Waals surface area contributed by atoms with Crippen molar-refractivity contribution in [3.05, 3.63) is 57.5 Å². The van der Waals surface area contributed by atoms with Crippen LogP contribution >= 0.6 is 11.3 Å². The Labute approximate surface area is 146 Å². The summed E-state index contributed by atoms with van der Waals surface area (Å²) in [6.07, 6.45) is 1.29. The maximum absolute atomic E-state index is 12.6. The molecule has 0 spiro atoms. The molecule has 0 bridgehead atoms. The first kappa shape index (κ1) is 16.8. The highest BCUT2D eigenvalue weighted by Gasteiger charge is 2.20. The van der Waals surface area contributed by atoms with Gasteiger partial charge in [0.1, 0.15) is 11.4 Å². The second kappa shape index (κ2) is 6.86. The van der Waals surface area contributed by atoms with Gasteiger partial charge in [-0.2, -0.15) is 0 Å². The Hall–Kier alpha value is -3.00. The predicted octanol–water partition coefficient (Wildman–Crippen LogP) is 2.19. The molecule has 7 nitrogen and oxygen atoms in total. The third kappa shape index (κ3) is 3.29. The predicted molar refractivity (Wildman–Crippen MR) is 95.0 cm³/mol. The topological polar surface area (TPSA) is 90.3 Å². The number of para-hydroxylation sites is 1. The Morgan fingerprint density at radius 2 is 2.00 bits per heavy atom. The first-order chi connectivity index (χ1) is 12.0. The number of aromatic nitrogens is 2. The van der Waals surface area contributed by atoms with Gasteiger partial charge in [-0.25, -0.2) is 4.98 Å². The zero-order chi connectivity index (χ0) is 18.0. The number of hydrogen-bond donors (Lipinski definition) is 1. The van der Waals surface area contributed by atoms with Crippen LogP contribution < -0.4 is 10.9 Å². The molecule has 0 saturated heterocycles. The fourth-order valence-electron chi connectivity index (χ4n) is 2.40. The van der Waals surface area contributed by atoms with Gasteiger partial charge in [0, 0.05) is 5.69 Å². The number of aryl methyl sites for hydroxylation is 1. The third-order valence-corrected chi connectivity index (χ3v) is 4.88. The van der Waals surface area contributed by atoms with Crippen LogP contribution in [0.3, 0.4) is 0 Å². The van der Waals surface area contributed by atoms with Crippen molar-refractivity contribution in [1.29, 1.82) is 0 Å². The number of nitrogens with zero attached hydrogens (tertiary/aromatic N) is 2. The Morgan fingerprint density at radius 3 is 2.68 bits per heavy atom. The number of anilines is 1. The van der Waals surface area contributed by atoms with E-state index in [2.05, 4.69) is 15.0 Å². The molecule has 0 aliphatic rings. The minimum Gasteiger partial charge on any atom is -0.468 e. The maximum Gasteiger partial charge on any atom is 0.325 e. The molecule has 0 aliphatic carbocycles. The van der Waals surface area contributed by atoms with E-state index in [1.165, 1.54) is 18.0 Å². The van der Waals surface area contributed by atoms with Crippen LogP contribution in [0, 0.1) is 6.92 Å². The summed E-state index contributed by atoms with van der Waals surface area (Å²) < 4.78 is 5.75. The van der Waals surface area contributed by atoms with E-state index in [0.717, 1.165) is 11.3 Å². The van der Waals surface area contributed by atoms with E-state index in [9.17, 15) is 14.4 Å². The maximum atomic E-state index is 12.6. The van der Waals surface area contributed by atoms with Crippen molar-refractivity contribution in [2.24, 2.45) is 0 Å². The molecule has 0 radical (unpaired) electrons. The summed E-state index contributed by atoms with van der Waals surface area (Å²) >= 11 is 1.15. The zero-order valence-electron chi connectivity index (χ0n) is 13.6. The number of esters is 1. The summed E-state index contributed by atoms with van der Waals surface area (Å²) in [7, 11) is 1.25. The Balaban J connectivity index is 1.99. The summed E-state index contributed by atoms with van der Waals surface area (Å²) in [6, 6.07) is 9.05. The van der Waals surface area contributed by atoms with Gasteiger partial charge in [-0.15, -0.1) is 11.3 Å². The van der Waals surface area contributed by atoms with Gasteiger partial charge in [0.2, 0.25) is 0 Å². The van der Waals surface area contributed by atoms with E-state index in [1.807, 2.05) is 18.2 Å². The van der Waals surface area contributed by atoms with Gasteiger partial charge >= 0.3 is 5.97 Å². The number of carbonyl (C=O) groups excluding carboxylic acids is 2. The van der Waals surface area contributed by atoms with E-state index in [1.54, 1.807) is 19.1 Å². The lowest BCUT2D eigenvalue weighted by molar-refractivity contribution is -0.141. The average Bonchev–Trinajstić information content (AvgIpc) is 2.95. The molecule has 1 N–H and O–H groups in total. The normalized spacial score (nSPS) is 10.6. The highest BCUT2D eigenvalue weighted by Crippen LogP contribution is 2.27. The van der Waals surface area contributed by atoms with Crippen molar-refractivity contribution >= 4 is 39.1 Å². The van der Waals surface area contributed by atoms with Crippen LogP contribution in [0.1, 0.15) is 15.2 Å². The largest absolute Gasteiger partial charge is 0.468 e. The molecule has 0 atom stereocenters. The summed E-state index contributed by atoms with van der Waals surface area (Å²) in [6.45, 7) is 1.48. The molecular weight excluding hydrogens is 342 g/mol. The standard InChI is InChI=1S/C17H15N3O4S/c1-10-13-16(18-9-20(17(13)23)8-12(21)24-2)25-14(10)15(22)19-11-6-4-3-5-7-11/h3-7,9H,8H2,1-2H3,(H,19,22). The molecule has 128 valence electrons. The van der Waals surface area contributed by atoms with Crippen molar-refractivity contribution in [3.63, 3.8) is 0 Å². The molecule has 0 fully saturated rings. The van der Waals surface area contributed by atoms with Crippen LogP contribution in [0.2, 0.25) is 0 Å². The number of hydrogen-bond acceptors (Lipinski definition) is 6. The minimum absolute atomic E-state index is 0.223. The second-order valence-corrected chi connectivity index (χ2v) is 6.31. The van der Waals surface area contributed by atoms with Crippen LogP contribution in [-0.2, 0) is 16.1 Å². The van der Waals surface area contributed by atoms with E-state index < -0.39 is 5.97 Å². The van der Waals surface area contributed by atoms with Crippen molar-refractivity contribution in [3.8, 4) is 0 Å². The van der Waals surface area contributed by atoms with E-state index in [4.69, 9.17) is 0 Å². The van der Waals surface area contributed by atoms with Crippen molar-refractivity contribution < 1.29 is 14.3 Å². The lowest BCUT2D eigenvalue weighted by Crippen LogP contribution is -2.25. The van der Waals surface area contributed by atoms with Gasteiger partial charge < -0.3 is 10.1 Å². The molecule has 3 aromatic rings. The smallest absolute Gasteiger partial charge is 0.325 e. The number of methoxy groups -OCH3 is 1. The van der Waals surface area contributed by atoms with Gasteiger partial charge in [0.05, 0.1) is 23.7 Å². The molecule has 0 aliphatic heterocycles. The third-order valence-electron chi connectivity index (χ3n) is 3.68. The van der Waals surface area contributed by atoms with Crippen molar-refractivity contribution in [2.45, 2.75) is 13.5 Å². The number of amides is 1. The van der Waals surface area contributed by atoms with Gasteiger partial charge in [0.25, 0.3) is 11.5 Å². The molecule has 8 heteroatoms. The van der Waals surface area contributed by atoms with Crippen LogP contribution in [0.4, 0.5) is 5.69 Å². The molecular formula is C17H15N3O4S. The number of ether oxygens (including phenoxy) is 1. The Kier molecular flexibility index (Phi) is 4.62. The van der Waals surface area contributed by atoms with Crippen LogP contribution in [0.5, 0.6) is 0 Å². The molecule has 25 heavy (non-hydrogen) atoms. The van der Waals surface area contributed by atoms with Gasteiger partial charge in [0.15, 0.2) is 0 Å². The van der Waals surface area contributed by atoms with Crippen LogP contribution in [0.25, 0.3) is 10.2 Å². The number of benzene rings is 1. The molecule has 0 unspecified atom stereocenters. The fourth-order valence-corrected chi connectivity index (χ4v) is 3.44. The average molecular weight is 357 g/mol. The summed E-state index contributed by atoms with van der Waals surface area (Å²) in [5.74, 6) is -0.844. The van der Waals surface area contributed by atoms with Crippen molar-refractivity contribution in [1.82, 2.24) is 9.55 Å². The number of thiophene rings is 1. The molecule has 1 aromatic carbocycles. The van der Waals surface area contributed by atoms with E-state index in [-0.39, 0.29) is 18.0 Å². The van der Waals surface area contributed by atoms with E-state index in [0.29, 0.717) is 26.3 Å². The van der Waals surface area contributed by atoms with Crippen LogP contribution in [0.15, 0.2) is 41.5 Å². The highest BCUT2D eigenvalue weighted by molar-refractivity contribution is 7.20. The van der Waals surface area contributed by atoms with E-state index >= 15 is 0 Å². The molecule has 3 rings (SSSR count). The van der Waals surface area contributed by atoms with Gasteiger partial charge in [-0.3, -0.25) is 19.0 Å². The molecule has 0 saturated carbocycles. The van der Waals surface area contributed by atoms with Gasteiger partial charge in [-0.05, 0) is 24.6 Å². The quantitative estimate of drug-likeness (QED) is 0.723. The van der Waals surface area contributed by atoms with Crippen molar-refractivity contribution in [2.75, 3.05) is 12.4 Å². The Bertz CT molecular complexity index is 1010. The SMILES string of the molecule is COC(=O)Cn1cnc2sc(C(=O)Nc3ccccc3)c(C)c2c1=O. The molecule has 1 amide bonds. The monoisotopic (exact) mass is 357 g/mol. The highest BCUT2D eigenvalue weighted by atomic mass is 32.1. The summed E-state index contributed by atoms with van der Waals surface area (Å²) in [4.78, 5) is 41.6.